The predicted molar refractivity (Wildman–Crippen MR) is 121 cm³/mol. The number of aromatic nitrogens is 3. The molecule has 158 valence electrons. The molecule has 1 N–H and O–H groups in total. The van der Waals surface area contributed by atoms with Gasteiger partial charge in [0.05, 0.1) is 24.2 Å². The molecule has 6 heteroatoms. The lowest BCUT2D eigenvalue weighted by molar-refractivity contribution is 0.0949. The van der Waals surface area contributed by atoms with E-state index < -0.39 is 0 Å². The zero-order valence-electron chi connectivity index (χ0n) is 17.8. The van der Waals surface area contributed by atoms with E-state index in [1.807, 2.05) is 24.3 Å². The van der Waals surface area contributed by atoms with Crippen molar-refractivity contribution in [3.8, 4) is 5.75 Å². The third kappa shape index (κ3) is 4.74. The number of nitrogens with one attached hydrogen (secondary N) is 1. The van der Waals surface area contributed by atoms with Crippen molar-refractivity contribution in [3.63, 3.8) is 0 Å². The minimum absolute atomic E-state index is 0.139. The molecule has 0 saturated carbocycles. The van der Waals surface area contributed by atoms with Crippen LogP contribution in [-0.4, -0.2) is 27.0 Å². The van der Waals surface area contributed by atoms with Gasteiger partial charge in [-0.1, -0.05) is 30.3 Å². The molecule has 0 aliphatic heterocycles. The molecule has 0 unspecified atom stereocenters. The lowest BCUT2D eigenvalue weighted by Crippen LogP contribution is -2.25. The van der Waals surface area contributed by atoms with Crippen LogP contribution < -0.4 is 10.1 Å². The summed E-state index contributed by atoms with van der Waals surface area (Å²) in [4.78, 5) is 21.1. The van der Waals surface area contributed by atoms with E-state index in [1.54, 1.807) is 24.5 Å². The average Bonchev–Trinajstić information content (AvgIpc) is 3.14. The molecule has 0 spiro atoms. The van der Waals surface area contributed by atoms with Crippen molar-refractivity contribution in [2.24, 2.45) is 0 Å². The molecule has 1 amide bonds. The number of carbonyl (C=O) groups is 1. The summed E-state index contributed by atoms with van der Waals surface area (Å²) in [7, 11) is 0. The maximum absolute atomic E-state index is 12.4. The maximum Gasteiger partial charge on any atom is 0.251 e. The molecular weight excluding hydrogens is 388 g/mol. The van der Waals surface area contributed by atoms with Crippen molar-refractivity contribution in [1.29, 1.82) is 0 Å². The minimum atomic E-state index is -0.139. The highest BCUT2D eigenvalue weighted by atomic mass is 16.5. The van der Waals surface area contributed by atoms with Crippen LogP contribution >= 0.6 is 0 Å². The van der Waals surface area contributed by atoms with Gasteiger partial charge in [-0.15, -0.1) is 0 Å². The number of aryl methyl sites for hydroxylation is 3. The van der Waals surface area contributed by atoms with E-state index in [4.69, 9.17) is 9.72 Å². The van der Waals surface area contributed by atoms with E-state index in [0.29, 0.717) is 18.7 Å². The van der Waals surface area contributed by atoms with Gasteiger partial charge in [-0.3, -0.25) is 9.78 Å². The number of para-hydroxylation sites is 3. The molecular formula is C25H26N4O2. The van der Waals surface area contributed by atoms with E-state index in [9.17, 15) is 4.79 Å². The summed E-state index contributed by atoms with van der Waals surface area (Å²) >= 11 is 0. The van der Waals surface area contributed by atoms with Crippen molar-refractivity contribution in [2.75, 3.05) is 6.61 Å². The van der Waals surface area contributed by atoms with Crippen LogP contribution in [0.3, 0.4) is 0 Å². The van der Waals surface area contributed by atoms with Gasteiger partial charge in [0.1, 0.15) is 11.6 Å². The number of hydrogen-bond donors (Lipinski definition) is 1. The van der Waals surface area contributed by atoms with E-state index >= 15 is 0 Å². The van der Waals surface area contributed by atoms with E-state index in [-0.39, 0.29) is 5.91 Å². The topological polar surface area (TPSA) is 69.0 Å². The summed E-state index contributed by atoms with van der Waals surface area (Å²) in [5.74, 6) is 1.65. The molecule has 4 aromatic rings. The molecule has 0 atom stereocenters. The highest BCUT2D eigenvalue weighted by Crippen LogP contribution is 2.23. The van der Waals surface area contributed by atoms with Crippen LogP contribution in [0.25, 0.3) is 11.0 Å². The van der Waals surface area contributed by atoms with Crippen LogP contribution in [0.1, 0.15) is 33.7 Å². The highest BCUT2D eigenvalue weighted by Gasteiger charge is 2.12. The summed E-state index contributed by atoms with van der Waals surface area (Å²) < 4.78 is 8.23. The molecule has 2 heterocycles. The van der Waals surface area contributed by atoms with Crippen molar-refractivity contribution in [2.45, 2.75) is 33.4 Å². The van der Waals surface area contributed by atoms with Crippen LogP contribution in [-0.2, 0) is 13.1 Å². The number of imidazole rings is 1. The van der Waals surface area contributed by atoms with Crippen LogP contribution in [0.15, 0.2) is 67.0 Å². The Morgan fingerprint density at radius 2 is 1.74 bits per heavy atom. The van der Waals surface area contributed by atoms with Gasteiger partial charge in [0, 0.05) is 24.5 Å². The fourth-order valence-electron chi connectivity index (χ4n) is 3.70. The van der Waals surface area contributed by atoms with Crippen LogP contribution in [0.2, 0.25) is 0 Å². The average molecular weight is 415 g/mol. The Hall–Kier alpha value is -3.67. The maximum atomic E-state index is 12.4. The van der Waals surface area contributed by atoms with Crippen LogP contribution in [0, 0.1) is 13.8 Å². The standard InChI is InChI=1S/C25H26N4O2/c1-18-7-5-8-19(2)24(18)31-16-6-15-29-22-10-4-3-9-21(22)28-23(29)17-27-25(30)20-11-13-26-14-12-20/h3-5,7-14H,6,15-17H2,1-2H3,(H,27,30). The Morgan fingerprint density at radius 1 is 1.00 bits per heavy atom. The molecule has 0 bridgehead atoms. The largest absolute Gasteiger partial charge is 0.493 e. The summed E-state index contributed by atoms with van der Waals surface area (Å²) in [6.45, 7) is 5.85. The fraction of sp³-hybridized carbons (Fsp3) is 0.240. The Bertz CT molecular complexity index is 1160. The quantitative estimate of drug-likeness (QED) is 0.433. The van der Waals surface area contributed by atoms with E-state index in [0.717, 1.165) is 46.7 Å². The number of pyridine rings is 1. The molecule has 0 saturated heterocycles. The first-order chi connectivity index (χ1) is 15.1. The number of hydrogen-bond acceptors (Lipinski definition) is 4. The number of fused-ring (bicyclic) bond motifs is 1. The molecule has 0 radical (unpaired) electrons. The second-order valence-electron chi connectivity index (χ2n) is 7.51. The molecule has 0 aliphatic carbocycles. The second kappa shape index (κ2) is 9.43. The molecule has 31 heavy (non-hydrogen) atoms. The first-order valence-corrected chi connectivity index (χ1v) is 10.4. The fourth-order valence-corrected chi connectivity index (χ4v) is 3.70. The first kappa shape index (κ1) is 20.6. The van der Waals surface area contributed by atoms with Gasteiger partial charge in [0.2, 0.25) is 0 Å². The van der Waals surface area contributed by atoms with E-state index in [1.165, 1.54) is 0 Å². The zero-order chi connectivity index (χ0) is 21.6. The Balaban J connectivity index is 1.44. The number of nitrogens with zero attached hydrogens (tertiary/aromatic N) is 3. The minimum Gasteiger partial charge on any atom is -0.493 e. The molecule has 0 fully saturated rings. The third-order valence-corrected chi connectivity index (χ3v) is 5.26. The summed E-state index contributed by atoms with van der Waals surface area (Å²) in [6, 6.07) is 17.6. The number of benzene rings is 2. The summed E-state index contributed by atoms with van der Waals surface area (Å²) in [5.41, 5.74) is 4.86. The number of amides is 1. The van der Waals surface area contributed by atoms with Crippen molar-refractivity contribution in [3.05, 3.63) is 89.5 Å². The lowest BCUT2D eigenvalue weighted by Gasteiger charge is -2.13. The SMILES string of the molecule is Cc1cccc(C)c1OCCCn1c(CNC(=O)c2ccncc2)nc2ccccc21. The van der Waals surface area contributed by atoms with Gasteiger partial charge < -0.3 is 14.6 Å². The van der Waals surface area contributed by atoms with Gasteiger partial charge in [0.15, 0.2) is 0 Å². The molecule has 4 rings (SSSR count). The normalized spacial score (nSPS) is 10.9. The van der Waals surface area contributed by atoms with Gasteiger partial charge >= 0.3 is 0 Å². The molecule has 2 aromatic carbocycles. The molecule has 0 aliphatic rings. The first-order valence-electron chi connectivity index (χ1n) is 10.4. The van der Waals surface area contributed by atoms with E-state index in [2.05, 4.69) is 46.9 Å². The van der Waals surface area contributed by atoms with Gasteiger partial charge in [0.25, 0.3) is 5.91 Å². The highest BCUT2D eigenvalue weighted by molar-refractivity contribution is 5.93. The Morgan fingerprint density at radius 3 is 2.52 bits per heavy atom. The van der Waals surface area contributed by atoms with Gasteiger partial charge in [-0.25, -0.2) is 4.98 Å². The van der Waals surface area contributed by atoms with Crippen molar-refractivity contribution < 1.29 is 9.53 Å². The Labute approximate surface area is 181 Å². The zero-order valence-corrected chi connectivity index (χ0v) is 17.8. The third-order valence-electron chi connectivity index (χ3n) is 5.26. The summed E-state index contributed by atoms with van der Waals surface area (Å²) in [6.07, 6.45) is 4.06. The smallest absolute Gasteiger partial charge is 0.251 e. The number of carbonyl (C=O) groups excluding carboxylic acids is 1. The Kier molecular flexibility index (Phi) is 6.26. The van der Waals surface area contributed by atoms with Crippen LogP contribution in [0.5, 0.6) is 5.75 Å². The van der Waals surface area contributed by atoms with Gasteiger partial charge in [-0.2, -0.15) is 0 Å². The van der Waals surface area contributed by atoms with Crippen molar-refractivity contribution >= 4 is 16.9 Å². The molecule has 2 aromatic heterocycles. The molecule has 6 nitrogen and oxygen atoms in total. The summed E-state index contributed by atoms with van der Waals surface area (Å²) in [5, 5.41) is 2.97. The van der Waals surface area contributed by atoms with Crippen molar-refractivity contribution in [1.82, 2.24) is 19.9 Å². The van der Waals surface area contributed by atoms with Gasteiger partial charge in [-0.05, 0) is 55.7 Å². The predicted octanol–water partition coefficient (Wildman–Crippen LogP) is 4.45. The monoisotopic (exact) mass is 414 g/mol. The number of ether oxygens (including phenoxy) is 1. The van der Waals surface area contributed by atoms with Crippen LogP contribution in [0.4, 0.5) is 0 Å². The number of rotatable bonds is 8. The lowest BCUT2D eigenvalue weighted by atomic mass is 10.1. The second-order valence-corrected chi connectivity index (χ2v) is 7.51.